The number of phosphoric ester groups is 1. The van der Waals surface area contributed by atoms with E-state index in [4.69, 9.17) is 24.3 Å². The molecule has 0 amide bonds. The molecule has 0 aromatic heterocycles. The first-order valence-corrected chi connectivity index (χ1v) is 20.0. The average Bonchev–Trinajstić information content (AvgIpc) is 3.01. The number of rotatable bonds is 36. The van der Waals surface area contributed by atoms with Crippen LogP contribution in [-0.4, -0.2) is 49.9 Å². The highest BCUT2D eigenvalue weighted by Gasteiger charge is 2.25. The van der Waals surface area contributed by atoms with Crippen LogP contribution in [0.15, 0.2) is 0 Å². The van der Waals surface area contributed by atoms with E-state index in [0.29, 0.717) is 13.0 Å². The van der Waals surface area contributed by atoms with Crippen molar-refractivity contribution < 1.29 is 32.8 Å². The average molecular weight is 650 g/mol. The Morgan fingerprint density at radius 1 is 0.591 bits per heavy atom. The summed E-state index contributed by atoms with van der Waals surface area (Å²) in [5, 5.41) is 0. The zero-order valence-electron chi connectivity index (χ0n) is 28.9. The van der Waals surface area contributed by atoms with Gasteiger partial charge in [-0.3, -0.25) is 13.8 Å². The molecule has 0 heterocycles. The van der Waals surface area contributed by atoms with Crippen LogP contribution in [-0.2, 0) is 27.9 Å². The van der Waals surface area contributed by atoms with Crippen molar-refractivity contribution in [3.8, 4) is 0 Å². The second-order valence-electron chi connectivity index (χ2n) is 12.5. The molecule has 0 spiro atoms. The number of esters is 1. The lowest BCUT2D eigenvalue weighted by atomic mass is 10.0. The molecule has 8 nitrogen and oxygen atoms in total. The van der Waals surface area contributed by atoms with Gasteiger partial charge in [-0.1, -0.05) is 162 Å². The Kier molecular flexibility index (Phi) is 33.5. The topological polar surface area (TPSA) is 117 Å². The Morgan fingerprint density at radius 2 is 1.00 bits per heavy atom. The molecule has 0 bridgehead atoms. The molecule has 44 heavy (non-hydrogen) atoms. The van der Waals surface area contributed by atoms with Crippen LogP contribution >= 0.6 is 7.82 Å². The van der Waals surface area contributed by atoms with Gasteiger partial charge in [0, 0.05) is 19.6 Å². The van der Waals surface area contributed by atoms with Gasteiger partial charge in [0.15, 0.2) is 0 Å². The molecule has 0 aliphatic heterocycles. The van der Waals surface area contributed by atoms with Crippen molar-refractivity contribution >= 4 is 13.8 Å². The third-order valence-corrected chi connectivity index (χ3v) is 9.01. The summed E-state index contributed by atoms with van der Waals surface area (Å²) in [5.41, 5.74) is 5.34. The van der Waals surface area contributed by atoms with Crippen LogP contribution in [0.5, 0.6) is 0 Å². The van der Waals surface area contributed by atoms with E-state index in [2.05, 4.69) is 13.8 Å². The number of phosphoric acid groups is 1. The maximum atomic E-state index is 12.5. The van der Waals surface area contributed by atoms with Gasteiger partial charge in [-0.05, 0) is 12.8 Å². The standard InChI is InChI=1S/C35H72NO7P/c1-3-5-7-9-11-13-15-17-18-20-22-24-26-28-35(37)43-34(33-42-44(38,39)41-31-29-36)32-40-30-27-25-23-21-19-16-14-12-10-8-6-4-2/h34H,3-33,36H2,1-2H3,(H,38,39). The van der Waals surface area contributed by atoms with Crippen molar-refractivity contribution in [1.82, 2.24) is 0 Å². The Hall–Kier alpha value is -0.500. The lowest BCUT2D eigenvalue weighted by Gasteiger charge is -2.20. The van der Waals surface area contributed by atoms with E-state index in [9.17, 15) is 14.3 Å². The van der Waals surface area contributed by atoms with E-state index in [0.717, 1.165) is 32.1 Å². The number of carbonyl (C=O) groups excluding carboxylic acids is 1. The summed E-state index contributed by atoms with van der Waals surface area (Å²) in [7, 11) is -4.26. The van der Waals surface area contributed by atoms with E-state index < -0.39 is 13.9 Å². The van der Waals surface area contributed by atoms with E-state index in [1.165, 1.54) is 128 Å². The third kappa shape index (κ3) is 32.9. The maximum absolute atomic E-state index is 12.5. The highest BCUT2D eigenvalue weighted by Crippen LogP contribution is 2.43. The van der Waals surface area contributed by atoms with Crippen LogP contribution in [0.1, 0.15) is 181 Å². The predicted molar refractivity (Wildman–Crippen MR) is 183 cm³/mol. The summed E-state index contributed by atoms with van der Waals surface area (Å²) in [5.74, 6) is -0.328. The Labute approximate surface area is 271 Å². The van der Waals surface area contributed by atoms with Crippen molar-refractivity contribution in [3.05, 3.63) is 0 Å². The fourth-order valence-corrected chi connectivity index (χ4v) is 6.06. The largest absolute Gasteiger partial charge is 0.472 e. The zero-order valence-corrected chi connectivity index (χ0v) is 29.8. The smallest absolute Gasteiger partial charge is 0.457 e. The van der Waals surface area contributed by atoms with Crippen molar-refractivity contribution in [2.24, 2.45) is 5.73 Å². The molecule has 264 valence electrons. The first kappa shape index (κ1) is 43.5. The van der Waals surface area contributed by atoms with E-state index in [1.807, 2.05) is 0 Å². The van der Waals surface area contributed by atoms with Crippen LogP contribution in [0, 0.1) is 0 Å². The summed E-state index contributed by atoms with van der Waals surface area (Å²) in [4.78, 5) is 22.3. The minimum Gasteiger partial charge on any atom is -0.457 e. The van der Waals surface area contributed by atoms with Gasteiger partial charge < -0.3 is 20.1 Å². The summed E-state index contributed by atoms with van der Waals surface area (Å²) < 4.78 is 33.2. The molecular weight excluding hydrogens is 577 g/mol. The highest BCUT2D eigenvalue weighted by atomic mass is 31.2. The van der Waals surface area contributed by atoms with Crippen molar-refractivity contribution in [2.45, 2.75) is 187 Å². The van der Waals surface area contributed by atoms with Gasteiger partial charge in [0.25, 0.3) is 0 Å². The molecule has 0 radical (unpaired) electrons. The summed E-state index contributed by atoms with van der Waals surface area (Å²) in [6.45, 7) is 4.95. The number of ether oxygens (including phenoxy) is 2. The molecular formula is C35H72NO7P. The molecule has 9 heteroatoms. The minimum atomic E-state index is -4.26. The van der Waals surface area contributed by atoms with Crippen LogP contribution in [0.2, 0.25) is 0 Å². The lowest BCUT2D eigenvalue weighted by Crippen LogP contribution is -2.28. The van der Waals surface area contributed by atoms with Crippen LogP contribution in [0.4, 0.5) is 0 Å². The lowest BCUT2D eigenvalue weighted by molar-refractivity contribution is -0.154. The van der Waals surface area contributed by atoms with Crippen LogP contribution in [0.3, 0.4) is 0 Å². The molecule has 0 aromatic rings. The second kappa shape index (κ2) is 33.9. The van der Waals surface area contributed by atoms with Gasteiger partial charge in [-0.2, -0.15) is 0 Å². The number of nitrogens with two attached hydrogens (primary N) is 1. The predicted octanol–water partition coefficient (Wildman–Crippen LogP) is 10.2. The van der Waals surface area contributed by atoms with Gasteiger partial charge in [0.1, 0.15) is 6.10 Å². The molecule has 0 rings (SSSR count). The molecule has 2 atom stereocenters. The Bertz CT molecular complexity index is 653. The van der Waals surface area contributed by atoms with Gasteiger partial charge >= 0.3 is 13.8 Å². The van der Waals surface area contributed by atoms with Crippen molar-refractivity contribution in [1.29, 1.82) is 0 Å². The molecule has 0 aliphatic carbocycles. The van der Waals surface area contributed by atoms with E-state index in [-0.39, 0.29) is 32.3 Å². The fourth-order valence-electron chi connectivity index (χ4n) is 5.29. The SMILES string of the molecule is CCCCCCCCCCCCCCCC(=O)OC(COCCCCCCCCCCCCCC)COP(=O)(O)OCCN. The molecule has 3 N–H and O–H groups in total. The van der Waals surface area contributed by atoms with Gasteiger partial charge in [-0.15, -0.1) is 0 Å². The summed E-state index contributed by atoms with van der Waals surface area (Å²) in [6.07, 6.45) is 31.0. The van der Waals surface area contributed by atoms with Gasteiger partial charge in [-0.25, -0.2) is 4.57 Å². The second-order valence-corrected chi connectivity index (χ2v) is 13.9. The summed E-state index contributed by atoms with van der Waals surface area (Å²) in [6, 6.07) is 0. The number of hydrogen-bond donors (Lipinski definition) is 2. The molecule has 0 saturated carbocycles. The third-order valence-electron chi connectivity index (χ3n) is 8.02. The molecule has 0 aliphatic rings. The Balaban J connectivity index is 4.07. The van der Waals surface area contributed by atoms with Gasteiger partial charge in [0.2, 0.25) is 0 Å². The summed E-state index contributed by atoms with van der Waals surface area (Å²) >= 11 is 0. The zero-order chi connectivity index (χ0) is 32.4. The molecule has 0 aromatic carbocycles. The quantitative estimate of drug-likeness (QED) is 0.0391. The Morgan fingerprint density at radius 3 is 1.43 bits per heavy atom. The van der Waals surface area contributed by atoms with Crippen LogP contribution < -0.4 is 5.73 Å². The highest BCUT2D eigenvalue weighted by molar-refractivity contribution is 7.47. The number of hydrogen-bond acceptors (Lipinski definition) is 7. The minimum absolute atomic E-state index is 0.0905. The monoisotopic (exact) mass is 650 g/mol. The fraction of sp³-hybridized carbons (Fsp3) is 0.971. The van der Waals surface area contributed by atoms with Crippen LogP contribution in [0.25, 0.3) is 0 Å². The number of carbonyl (C=O) groups is 1. The van der Waals surface area contributed by atoms with Crippen molar-refractivity contribution in [3.63, 3.8) is 0 Å². The molecule has 2 unspecified atom stereocenters. The maximum Gasteiger partial charge on any atom is 0.472 e. The van der Waals surface area contributed by atoms with E-state index in [1.54, 1.807) is 0 Å². The van der Waals surface area contributed by atoms with Crippen molar-refractivity contribution in [2.75, 3.05) is 33.0 Å². The molecule has 0 fully saturated rings. The number of unbranched alkanes of at least 4 members (excludes halogenated alkanes) is 23. The van der Waals surface area contributed by atoms with Gasteiger partial charge in [0.05, 0.1) is 19.8 Å². The molecule has 0 saturated heterocycles. The van der Waals surface area contributed by atoms with E-state index >= 15 is 0 Å². The first-order chi connectivity index (χ1) is 21.4. The normalized spacial score (nSPS) is 13.6. The first-order valence-electron chi connectivity index (χ1n) is 18.5.